The van der Waals surface area contributed by atoms with Crippen molar-refractivity contribution in [1.29, 1.82) is 0 Å². The fourth-order valence-electron chi connectivity index (χ4n) is 7.20. The van der Waals surface area contributed by atoms with Gasteiger partial charge in [0.05, 0.1) is 22.6 Å². The zero-order chi connectivity index (χ0) is 34.4. The van der Waals surface area contributed by atoms with E-state index in [2.05, 4.69) is 173 Å². The first-order valence-electron chi connectivity index (χ1n) is 17.3. The number of thiophene rings is 1. The predicted molar refractivity (Wildman–Crippen MR) is 217 cm³/mol. The van der Waals surface area contributed by atoms with Crippen LogP contribution in [0.15, 0.2) is 182 Å². The van der Waals surface area contributed by atoms with Crippen molar-refractivity contribution in [3.8, 4) is 61.3 Å². The second kappa shape index (κ2) is 12.6. The SMILES string of the molecule is c1ccc(-c2cc(-c3cc(-c4cc5cccnc5s4)cc(-c4cc5ccccc5n4-c4ccccc4)c3)nc(-c3cccc4ccccc34)n2)cc1. The minimum absolute atomic E-state index is 0.699. The lowest BCUT2D eigenvalue weighted by Crippen LogP contribution is -1.98. The number of pyridine rings is 1. The molecule has 0 aliphatic heterocycles. The maximum Gasteiger partial charge on any atom is 0.161 e. The van der Waals surface area contributed by atoms with Gasteiger partial charge in [-0.2, -0.15) is 0 Å². The Balaban J connectivity index is 1.25. The third-order valence-corrected chi connectivity index (χ3v) is 10.8. The van der Waals surface area contributed by atoms with Gasteiger partial charge in [-0.15, -0.1) is 11.3 Å². The van der Waals surface area contributed by atoms with Crippen LogP contribution in [0.5, 0.6) is 0 Å². The van der Waals surface area contributed by atoms with Crippen LogP contribution >= 0.6 is 11.3 Å². The van der Waals surface area contributed by atoms with Crippen LogP contribution in [0, 0.1) is 0 Å². The van der Waals surface area contributed by atoms with E-state index in [9.17, 15) is 0 Å². The summed E-state index contributed by atoms with van der Waals surface area (Å²) in [5.74, 6) is 0.699. The molecule has 10 rings (SSSR count). The highest BCUT2D eigenvalue weighted by Gasteiger charge is 2.18. The molecule has 0 unspecified atom stereocenters. The van der Waals surface area contributed by atoms with Crippen molar-refractivity contribution in [3.05, 3.63) is 182 Å². The van der Waals surface area contributed by atoms with Crippen LogP contribution in [-0.2, 0) is 0 Å². The Kier molecular flexibility index (Phi) is 7.29. The second-order valence-electron chi connectivity index (χ2n) is 12.9. The Bertz CT molecular complexity index is 2870. The summed E-state index contributed by atoms with van der Waals surface area (Å²) in [6.07, 6.45) is 1.86. The summed E-state index contributed by atoms with van der Waals surface area (Å²) >= 11 is 1.71. The van der Waals surface area contributed by atoms with E-state index in [0.29, 0.717) is 5.82 Å². The van der Waals surface area contributed by atoms with Crippen molar-refractivity contribution in [1.82, 2.24) is 19.5 Å². The molecular weight excluding hydrogens is 653 g/mol. The lowest BCUT2D eigenvalue weighted by atomic mass is 9.98. The minimum Gasteiger partial charge on any atom is -0.309 e. The summed E-state index contributed by atoms with van der Waals surface area (Å²) in [5, 5.41) is 4.61. The summed E-state index contributed by atoms with van der Waals surface area (Å²) < 4.78 is 2.36. The molecule has 0 spiro atoms. The van der Waals surface area contributed by atoms with Gasteiger partial charge < -0.3 is 4.57 Å². The molecular formula is C47H30N4S. The van der Waals surface area contributed by atoms with Crippen LogP contribution in [0.1, 0.15) is 0 Å². The molecule has 4 nitrogen and oxygen atoms in total. The quantitative estimate of drug-likeness (QED) is 0.175. The smallest absolute Gasteiger partial charge is 0.161 e. The molecule has 10 aromatic rings. The zero-order valence-electron chi connectivity index (χ0n) is 28.0. The van der Waals surface area contributed by atoms with E-state index in [1.165, 1.54) is 5.39 Å². The molecule has 6 aromatic carbocycles. The Hall–Kier alpha value is -6.69. The Morgan fingerprint density at radius 2 is 1.13 bits per heavy atom. The van der Waals surface area contributed by atoms with Crippen LogP contribution in [0.3, 0.4) is 0 Å². The number of hydrogen-bond acceptors (Lipinski definition) is 4. The van der Waals surface area contributed by atoms with Crippen molar-refractivity contribution in [2.45, 2.75) is 0 Å². The molecule has 244 valence electrons. The largest absolute Gasteiger partial charge is 0.309 e. The van der Waals surface area contributed by atoms with E-state index in [0.717, 1.165) is 82.0 Å². The summed E-state index contributed by atoms with van der Waals surface area (Å²) in [6.45, 7) is 0. The van der Waals surface area contributed by atoms with E-state index in [1.807, 2.05) is 18.3 Å². The molecule has 0 saturated heterocycles. The minimum atomic E-state index is 0.699. The normalized spacial score (nSPS) is 11.5. The van der Waals surface area contributed by atoms with Gasteiger partial charge in [0.1, 0.15) is 4.83 Å². The monoisotopic (exact) mass is 682 g/mol. The number of nitrogens with zero attached hydrogens (tertiary/aromatic N) is 4. The first-order chi connectivity index (χ1) is 25.7. The summed E-state index contributed by atoms with van der Waals surface area (Å²) in [7, 11) is 0. The molecule has 0 saturated carbocycles. The van der Waals surface area contributed by atoms with Gasteiger partial charge in [-0.1, -0.05) is 115 Å². The van der Waals surface area contributed by atoms with E-state index >= 15 is 0 Å². The third kappa shape index (κ3) is 5.36. The molecule has 0 aliphatic carbocycles. The lowest BCUT2D eigenvalue weighted by molar-refractivity contribution is 1.13. The summed E-state index contributed by atoms with van der Waals surface area (Å²) in [6, 6.07) is 62.1. The van der Waals surface area contributed by atoms with Gasteiger partial charge >= 0.3 is 0 Å². The Morgan fingerprint density at radius 3 is 1.98 bits per heavy atom. The van der Waals surface area contributed by atoms with Gasteiger partial charge in [-0.05, 0) is 82.6 Å². The molecule has 0 radical (unpaired) electrons. The Morgan fingerprint density at radius 1 is 0.462 bits per heavy atom. The summed E-state index contributed by atoms with van der Waals surface area (Å²) in [4.78, 5) is 17.4. The molecule has 52 heavy (non-hydrogen) atoms. The first kappa shape index (κ1) is 30.2. The van der Waals surface area contributed by atoms with E-state index in [4.69, 9.17) is 9.97 Å². The van der Waals surface area contributed by atoms with Crippen molar-refractivity contribution < 1.29 is 0 Å². The number of aromatic nitrogens is 4. The number of para-hydroxylation sites is 2. The molecule has 0 atom stereocenters. The second-order valence-corrected chi connectivity index (χ2v) is 14.0. The molecule has 0 bridgehead atoms. The zero-order valence-corrected chi connectivity index (χ0v) is 28.8. The predicted octanol–water partition coefficient (Wildman–Crippen LogP) is 12.5. The average molecular weight is 683 g/mol. The highest BCUT2D eigenvalue weighted by atomic mass is 32.1. The van der Waals surface area contributed by atoms with Crippen LogP contribution in [0.4, 0.5) is 0 Å². The molecule has 4 heterocycles. The fraction of sp³-hybridized carbons (Fsp3) is 0. The van der Waals surface area contributed by atoms with Crippen LogP contribution < -0.4 is 0 Å². The molecule has 5 heteroatoms. The number of fused-ring (bicyclic) bond motifs is 3. The van der Waals surface area contributed by atoms with Crippen molar-refractivity contribution in [3.63, 3.8) is 0 Å². The number of hydrogen-bond donors (Lipinski definition) is 0. The van der Waals surface area contributed by atoms with Crippen LogP contribution in [0.25, 0.3) is 93.2 Å². The van der Waals surface area contributed by atoms with Gasteiger partial charge in [-0.3, -0.25) is 0 Å². The molecule has 0 aliphatic rings. The molecule has 0 amide bonds. The fourth-order valence-corrected chi connectivity index (χ4v) is 8.18. The highest BCUT2D eigenvalue weighted by Crippen LogP contribution is 2.40. The maximum absolute atomic E-state index is 5.36. The lowest BCUT2D eigenvalue weighted by Gasteiger charge is -2.15. The molecule has 4 aromatic heterocycles. The van der Waals surface area contributed by atoms with Gasteiger partial charge in [0.15, 0.2) is 5.82 Å². The third-order valence-electron chi connectivity index (χ3n) is 9.65. The van der Waals surface area contributed by atoms with Crippen LogP contribution in [-0.4, -0.2) is 19.5 Å². The van der Waals surface area contributed by atoms with E-state index < -0.39 is 0 Å². The molecule has 0 fully saturated rings. The van der Waals surface area contributed by atoms with Crippen molar-refractivity contribution in [2.24, 2.45) is 0 Å². The standard InChI is InChI=1S/C47H30N4S/c1-3-14-32(15-4-1)41-30-42(50-46(49-41)40-22-11-17-31-13-7-9-21-39(31)40)35-25-36(27-37(26-35)45-29-34-18-12-24-48-47(34)52-45)44-28-33-16-8-10-23-43(33)51(44)38-19-5-2-6-20-38/h1-30H. The van der Waals surface area contributed by atoms with Crippen LogP contribution in [0.2, 0.25) is 0 Å². The van der Waals surface area contributed by atoms with Crippen molar-refractivity contribution in [2.75, 3.05) is 0 Å². The number of rotatable bonds is 6. The summed E-state index contributed by atoms with van der Waals surface area (Å²) in [5.41, 5.74) is 10.4. The average Bonchev–Trinajstić information content (AvgIpc) is 3.84. The van der Waals surface area contributed by atoms with Gasteiger partial charge in [0.25, 0.3) is 0 Å². The topological polar surface area (TPSA) is 43.6 Å². The van der Waals surface area contributed by atoms with E-state index in [-0.39, 0.29) is 0 Å². The first-order valence-corrected chi connectivity index (χ1v) is 18.2. The highest BCUT2D eigenvalue weighted by molar-refractivity contribution is 7.21. The maximum atomic E-state index is 5.36. The molecule has 0 N–H and O–H groups in total. The van der Waals surface area contributed by atoms with Crippen molar-refractivity contribution >= 4 is 43.2 Å². The van der Waals surface area contributed by atoms with E-state index in [1.54, 1.807) is 11.3 Å². The van der Waals surface area contributed by atoms with Gasteiger partial charge in [-0.25, -0.2) is 15.0 Å². The Labute approximate surface area is 305 Å². The van der Waals surface area contributed by atoms with Gasteiger partial charge in [0.2, 0.25) is 0 Å². The number of benzene rings is 6. The van der Waals surface area contributed by atoms with Gasteiger partial charge in [0, 0.05) is 44.2 Å².